The van der Waals surface area contributed by atoms with Gasteiger partial charge in [-0.3, -0.25) is 4.68 Å². The molecule has 0 aliphatic rings. The lowest BCUT2D eigenvalue weighted by molar-refractivity contribution is 0.176. The van der Waals surface area contributed by atoms with Crippen LogP contribution in [-0.4, -0.2) is 14.9 Å². The largest absolute Gasteiger partial charge is 0.388 e. The molecule has 1 heterocycles. The first-order valence-electron chi connectivity index (χ1n) is 6.27. The molecule has 0 fully saturated rings. The predicted molar refractivity (Wildman–Crippen MR) is 77.7 cm³/mol. The summed E-state index contributed by atoms with van der Waals surface area (Å²) >= 11 is 12.2. The van der Waals surface area contributed by atoms with E-state index >= 15 is 0 Å². The van der Waals surface area contributed by atoms with Crippen molar-refractivity contribution < 1.29 is 9.50 Å². The van der Waals surface area contributed by atoms with Crippen LogP contribution in [0.1, 0.15) is 30.0 Å². The minimum atomic E-state index is -0.860. The van der Waals surface area contributed by atoms with Crippen molar-refractivity contribution in [1.82, 2.24) is 9.78 Å². The van der Waals surface area contributed by atoms with Crippen molar-refractivity contribution in [2.75, 3.05) is 0 Å². The Bertz CT molecular complexity index is 628. The molecule has 0 saturated heterocycles. The standard InChI is InChI=1S/C14H15Cl2FN2O/c1-3-11-14(16)12(19(2)18-11)7-13(20)9-5-4-8(17)6-10(9)15/h4-6,13,20H,3,7H2,1-2H3. The Labute approximate surface area is 126 Å². The Balaban J connectivity index is 2.27. The first-order chi connectivity index (χ1) is 9.43. The number of halogens is 3. The lowest BCUT2D eigenvalue weighted by atomic mass is 10.0. The molecule has 0 aliphatic heterocycles. The molecule has 0 radical (unpaired) electrons. The molecule has 3 nitrogen and oxygen atoms in total. The van der Waals surface area contributed by atoms with E-state index in [2.05, 4.69) is 5.10 Å². The summed E-state index contributed by atoms with van der Waals surface area (Å²) in [6.07, 6.45) is 0.133. The van der Waals surface area contributed by atoms with E-state index in [4.69, 9.17) is 23.2 Å². The van der Waals surface area contributed by atoms with Gasteiger partial charge in [-0.2, -0.15) is 5.10 Å². The second kappa shape index (κ2) is 6.12. The molecule has 1 aromatic heterocycles. The third kappa shape index (κ3) is 2.97. The van der Waals surface area contributed by atoms with Crippen LogP contribution in [0.5, 0.6) is 0 Å². The molecule has 1 unspecified atom stereocenters. The maximum absolute atomic E-state index is 13.0. The highest BCUT2D eigenvalue weighted by Crippen LogP contribution is 2.29. The molecule has 6 heteroatoms. The van der Waals surface area contributed by atoms with Gasteiger partial charge in [-0.05, 0) is 24.1 Å². The van der Waals surface area contributed by atoms with Gasteiger partial charge in [0.1, 0.15) is 5.82 Å². The van der Waals surface area contributed by atoms with Crippen LogP contribution in [0.4, 0.5) is 4.39 Å². The van der Waals surface area contributed by atoms with Crippen LogP contribution in [0.25, 0.3) is 0 Å². The zero-order valence-electron chi connectivity index (χ0n) is 11.2. The third-order valence-electron chi connectivity index (χ3n) is 3.21. The van der Waals surface area contributed by atoms with Gasteiger partial charge in [0.25, 0.3) is 0 Å². The van der Waals surface area contributed by atoms with E-state index in [0.29, 0.717) is 10.6 Å². The predicted octanol–water partition coefficient (Wildman–Crippen LogP) is 3.70. The molecule has 0 aliphatic carbocycles. The highest BCUT2D eigenvalue weighted by molar-refractivity contribution is 6.32. The number of aryl methyl sites for hydroxylation is 2. The number of benzene rings is 1. The molecule has 2 aromatic rings. The van der Waals surface area contributed by atoms with Gasteiger partial charge in [-0.1, -0.05) is 36.2 Å². The number of hydrogen-bond acceptors (Lipinski definition) is 2. The minimum absolute atomic E-state index is 0.200. The first-order valence-corrected chi connectivity index (χ1v) is 7.02. The Kier molecular flexibility index (Phi) is 4.68. The van der Waals surface area contributed by atoms with Gasteiger partial charge >= 0.3 is 0 Å². The molecule has 0 amide bonds. The van der Waals surface area contributed by atoms with Crippen LogP contribution < -0.4 is 0 Å². The summed E-state index contributed by atoms with van der Waals surface area (Å²) in [6.45, 7) is 1.96. The Hall–Kier alpha value is -1.10. The van der Waals surface area contributed by atoms with Crippen molar-refractivity contribution >= 4 is 23.2 Å². The van der Waals surface area contributed by atoms with Gasteiger partial charge in [0.2, 0.25) is 0 Å². The lowest BCUT2D eigenvalue weighted by Crippen LogP contribution is -2.07. The van der Waals surface area contributed by atoms with Crippen molar-refractivity contribution in [2.24, 2.45) is 7.05 Å². The molecule has 1 aromatic carbocycles. The van der Waals surface area contributed by atoms with Crippen LogP contribution in [0, 0.1) is 5.82 Å². The van der Waals surface area contributed by atoms with Crippen LogP contribution in [-0.2, 0) is 19.9 Å². The van der Waals surface area contributed by atoms with E-state index in [-0.39, 0.29) is 11.4 Å². The maximum atomic E-state index is 13.0. The van der Waals surface area contributed by atoms with Crippen molar-refractivity contribution in [3.05, 3.63) is 51.0 Å². The number of nitrogens with zero attached hydrogens (tertiary/aromatic N) is 2. The first kappa shape index (κ1) is 15.3. The highest BCUT2D eigenvalue weighted by atomic mass is 35.5. The zero-order chi connectivity index (χ0) is 14.9. The minimum Gasteiger partial charge on any atom is -0.388 e. The molecule has 0 spiro atoms. The molecule has 2 rings (SSSR count). The molecular formula is C14H15Cl2FN2O. The Morgan fingerprint density at radius 1 is 1.40 bits per heavy atom. The number of rotatable bonds is 4. The van der Waals surface area contributed by atoms with Gasteiger partial charge in [-0.25, -0.2) is 4.39 Å². The summed E-state index contributed by atoms with van der Waals surface area (Å²) < 4.78 is 14.7. The summed E-state index contributed by atoms with van der Waals surface area (Å²) in [6, 6.07) is 3.93. The summed E-state index contributed by atoms with van der Waals surface area (Å²) in [4.78, 5) is 0. The van der Waals surface area contributed by atoms with E-state index < -0.39 is 11.9 Å². The monoisotopic (exact) mass is 316 g/mol. The van der Waals surface area contributed by atoms with Crippen molar-refractivity contribution in [3.8, 4) is 0 Å². The average Bonchev–Trinajstić information content (AvgIpc) is 2.66. The molecule has 108 valence electrons. The van der Waals surface area contributed by atoms with Crippen LogP contribution in [0.15, 0.2) is 18.2 Å². The van der Waals surface area contributed by atoms with E-state index in [1.807, 2.05) is 6.92 Å². The summed E-state index contributed by atoms with van der Waals surface area (Å²) in [5.41, 5.74) is 2.00. The molecule has 1 N–H and O–H groups in total. The van der Waals surface area contributed by atoms with Crippen LogP contribution >= 0.6 is 23.2 Å². The van der Waals surface area contributed by atoms with Crippen molar-refractivity contribution in [3.63, 3.8) is 0 Å². The normalized spacial score (nSPS) is 12.7. The van der Waals surface area contributed by atoms with Gasteiger partial charge in [-0.15, -0.1) is 0 Å². The number of hydrogen-bond donors (Lipinski definition) is 1. The second-order valence-electron chi connectivity index (χ2n) is 4.57. The number of aromatic nitrogens is 2. The zero-order valence-corrected chi connectivity index (χ0v) is 12.7. The fourth-order valence-electron chi connectivity index (χ4n) is 2.11. The summed E-state index contributed by atoms with van der Waals surface area (Å²) in [5, 5.41) is 15.3. The van der Waals surface area contributed by atoms with Gasteiger partial charge in [0.05, 0.1) is 22.5 Å². The quantitative estimate of drug-likeness (QED) is 0.933. The molecular weight excluding hydrogens is 302 g/mol. The van der Waals surface area contributed by atoms with E-state index in [1.54, 1.807) is 11.7 Å². The fourth-order valence-corrected chi connectivity index (χ4v) is 2.77. The summed E-state index contributed by atoms with van der Waals surface area (Å²) in [5.74, 6) is -0.433. The number of aliphatic hydroxyl groups excluding tert-OH is 1. The third-order valence-corrected chi connectivity index (χ3v) is 3.97. The summed E-state index contributed by atoms with van der Waals surface area (Å²) in [7, 11) is 1.78. The Morgan fingerprint density at radius 2 is 2.10 bits per heavy atom. The topological polar surface area (TPSA) is 38.0 Å². The van der Waals surface area contributed by atoms with E-state index in [1.165, 1.54) is 18.2 Å². The SMILES string of the molecule is CCc1nn(C)c(CC(O)c2ccc(F)cc2Cl)c1Cl. The number of aliphatic hydroxyl groups is 1. The van der Waals surface area contributed by atoms with Gasteiger partial charge in [0.15, 0.2) is 0 Å². The maximum Gasteiger partial charge on any atom is 0.124 e. The molecule has 20 heavy (non-hydrogen) atoms. The second-order valence-corrected chi connectivity index (χ2v) is 5.36. The molecule has 0 saturated carbocycles. The molecule has 0 bridgehead atoms. The Morgan fingerprint density at radius 3 is 2.65 bits per heavy atom. The molecule has 1 atom stereocenters. The smallest absolute Gasteiger partial charge is 0.124 e. The average molecular weight is 317 g/mol. The fraction of sp³-hybridized carbons (Fsp3) is 0.357. The van der Waals surface area contributed by atoms with E-state index in [9.17, 15) is 9.50 Å². The van der Waals surface area contributed by atoms with Crippen LogP contribution in [0.3, 0.4) is 0 Å². The van der Waals surface area contributed by atoms with E-state index in [0.717, 1.165) is 17.8 Å². The van der Waals surface area contributed by atoms with Crippen LogP contribution in [0.2, 0.25) is 10.0 Å². The van der Waals surface area contributed by atoms with Gasteiger partial charge < -0.3 is 5.11 Å². The highest BCUT2D eigenvalue weighted by Gasteiger charge is 2.19. The van der Waals surface area contributed by atoms with Crippen molar-refractivity contribution in [2.45, 2.75) is 25.9 Å². The van der Waals surface area contributed by atoms with Crippen molar-refractivity contribution in [1.29, 1.82) is 0 Å². The van der Waals surface area contributed by atoms with Gasteiger partial charge in [0, 0.05) is 18.5 Å². The lowest BCUT2D eigenvalue weighted by Gasteiger charge is -2.13.